The molecule has 0 aliphatic heterocycles. The van der Waals surface area contributed by atoms with Gasteiger partial charge in [0.05, 0.1) is 0 Å². The maximum atomic E-state index is 11.2. The molecule has 0 radical (unpaired) electrons. The van der Waals surface area contributed by atoms with Gasteiger partial charge in [0.1, 0.15) is 6.07 Å². The van der Waals surface area contributed by atoms with Crippen molar-refractivity contribution in [3.63, 3.8) is 0 Å². The first kappa shape index (κ1) is 15.8. The number of benzene rings is 1. The van der Waals surface area contributed by atoms with Gasteiger partial charge in [0.2, 0.25) is 5.89 Å². The van der Waals surface area contributed by atoms with E-state index in [-0.39, 0.29) is 24.0 Å². The van der Waals surface area contributed by atoms with Gasteiger partial charge in [0.15, 0.2) is 5.69 Å². The Morgan fingerprint density at radius 1 is 1.26 bits per heavy atom. The summed E-state index contributed by atoms with van der Waals surface area (Å²) in [6, 6.07) is 7.95. The Balaban J connectivity index is 0.00000180. The highest BCUT2D eigenvalue weighted by Crippen LogP contribution is 2.27. The molecular weight excluding hydrogens is 335 g/mol. The SMILES string of the molecule is Cl.N#Cc1nc(-c2ccc(Cl)cc2)oc1S(=O)(=O)Cl. The van der Waals surface area contributed by atoms with Crippen LogP contribution in [-0.4, -0.2) is 13.4 Å². The molecule has 0 bridgehead atoms. The summed E-state index contributed by atoms with van der Waals surface area (Å²) >= 11 is 5.72. The highest BCUT2D eigenvalue weighted by Gasteiger charge is 2.24. The second-order valence-electron chi connectivity index (χ2n) is 3.21. The normalized spacial score (nSPS) is 10.6. The predicted octanol–water partition coefficient (Wildman–Crippen LogP) is 3.22. The van der Waals surface area contributed by atoms with Crippen LogP contribution in [0.3, 0.4) is 0 Å². The monoisotopic (exact) mass is 338 g/mol. The van der Waals surface area contributed by atoms with Crippen LogP contribution in [-0.2, 0) is 9.05 Å². The Morgan fingerprint density at radius 2 is 1.84 bits per heavy atom. The molecule has 0 fully saturated rings. The van der Waals surface area contributed by atoms with E-state index < -0.39 is 14.1 Å². The first-order valence-electron chi connectivity index (χ1n) is 4.53. The van der Waals surface area contributed by atoms with Crippen LogP contribution in [0.25, 0.3) is 11.5 Å². The van der Waals surface area contributed by atoms with Crippen molar-refractivity contribution in [3.8, 4) is 17.5 Å². The van der Waals surface area contributed by atoms with Gasteiger partial charge in [-0.1, -0.05) is 11.6 Å². The average molecular weight is 340 g/mol. The third kappa shape index (κ3) is 3.39. The van der Waals surface area contributed by atoms with Crippen LogP contribution < -0.4 is 0 Å². The van der Waals surface area contributed by atoms with Crippen LogP contribution in [0.1, 0.15) is 5.69 Å². The second kappa shape index (κ2) is 5.80. The maximum absolute atomic E-state index is 11.2. The number of halogens is 3. The predicted molar refractivity (Wildman–Crippen MR) is 72.0 cm³/mol. The van der Waals surface area contributed by atoms with Crippen molar-refractivity contribution in [2.45, 2.75) is 5.09 Å². The fraction of sp³-hybridized carbons (Fsp3) is 0. The maximum Gasteiger partial charge on any atom is 0.297 e. The Morgan fingerprint density at radius 3 is 2.26 bits per heavy atom. The molecule has 5 nitrogen and oxygen atoms in total. The van der Waals surface area contributed by atoms with Crippen LogP contribution in [0.5, 0.6) is 0 Å². The summed E-state index contributed by atoms with van der Waals surface area (Å²) < 4.78 is 27.3. The van der Waals surface area contributed by atoms with Gasteiger partial charge < -0.3 is 4.42 Å². The molecule has 2 aromatic rings. The molecule has 0 unspecified atom stereocenters. The van der Waals surface area contributed by atoms with Crippen LogP contribution in [0.15, 0.2) is 33.8 Å². The molecule has 0 saturated heterocycles. The van der Waals surface area contributed by atoms with E-state index in [0.29, 0.717) is 10.6 Å². The first-order valence-corrected chi connectivity index (χ1v) is 7.22. The molecule has 0 amide bonds. The minimum Gasteiger partial charge on any atom is -0.422 e. The van der Waals surface area contributed by atoms with Gasteiger partial charge in [-0.2, -0.15) is 10.2 Å². The van der Waals surface area contributed by atoms with Crippen LogP contribution in [0, 0.1) is 11.3 Å². The van der Waals surface area contributed by atoms with E-state index in [2.05, 4.69) is 4.98 Å². The minimum atomic E-state index is -4.15. The molecule has 0 N–H and O–H groups in total. The molecule has 0 aliphatic carbocycles. The molecule has 2 rings (SSSR count). The van der Waals surface area contributed by atoms with Crippen molar-refractivity contribution in [1.82, 2.24) is 4.98 Å². The van der Waals surface area contributed by atoms with Crippen molar-refractivity contribution >= 4 is 43.7 Å². The van der Waals surface area contributed by atoms with Gasteiger partial charge in [0.25, 0.3) is 14.1 Å². The molecule has 100 valence electrons. The summed E-state index contributed by atoms with van der Waals surface area (Å²) in [6.45, 7) is 0. The molecule has 0 atom stereocenters. The standard InChI is InChI=1S/C10H4Cl2N2O3S.ClH/c11-7-3-1-6(2-4-7)9-14-8(5-13)10(17-9)18(12,15)16;/h1-4H;1H. The lowest BCUT2D eigenvalue weighted by molar-refractivity contribution is 0.462. The largest absolute Gasteiger partial charge is 0.422 e. The molecule has 1 aromatic heterocycles. The molecule has 0 spiro atoms. The van der Waals surface area contributed by atoms with Crippen LogP contribution in [0.2, 0.25) is 5.02 Å². The van der Waals surface area contributed by atoms with Crippen molar-refractivity contribution in [2.75, 3.05) is 0 Å². The smallest absolute Gasteiger partial charge is 0.297 e. The third-order valence-corrected chi connectivity index (χ3v) is 3.41. The summed E-state index contributed by atoms with van der Waals surface area (Å²) in [7, 11) is 0.988. The van der Waals surface area contributed by atoms with Crippen molar-refractivity contribution in [2.24, 2.45) is 0 Å². The van der Waals surface area contributed by atoms with E-state index in [1.54, 1.807) is 30.3 Å². The van der Waals surface area contributed by atoms with Crippen molar-refractivity contribution in [3.05, 3.63) is 35.0 Å². The number of aromatic nitrogens is 1. The molecule has 1 heterocycles. The number of oxazole rings is 1. The first-order chi connectivity index (χ1) is 8.41. The highest BCUT2D eigenvalue weighted by molar-refractivity contribution is 8.13. The number of rotatable bonds is 2. The van der Waals surface area contributed by atoms with Crippen LogP contribution >= 0.6 is 34.7 Å². The van der Waals surface area contributed by atoms with Gasteiger partial charge in [0, 0.05) is 21.3 Å². The quantitative estimate of drug-likeness (QED) is 0.784. The Labute approximate surface area is 124 Å². The molecule has 0 aliphatic rings. The zero-order valence-electron chi connectivity index (χ0n) is 9.00. The fourth-order valence-corrected chi connectivity index (χ4v) is 2.20. The van der Waals surface area contributed by atoms with Gasteiger partial charge in [-0.15, -0.1) is 12.4 Å². The molecule has 19 heavy (non-hydrogen) atoms. The van der Waals surface area contributed by atoms with Gasteiger partial charge in [-0.25, -0.2) is 8.42 Å². The molecule has 1 aromatic carbocycles. The Kier molecular flexibility index (Phi) is 4.82. The lowest BCUT2D eigenvalue weighted by Gasteiger charge is -1.94. The zero-order valence-corrected chi connectivity index (χ0v) is 12.1. The Hall–Kier alpha value is -1.26. The highest BCUT2D eigenvalue weighted by atomic mass is 35.7. The third-order valence-electron chi connectivity index (χ3n) is 2.01. The average Bonchev–Trinajstić information content (AvgIpc) is 2.73. The van der Waals surface area contributed by atoms with Gasteiger partial charge in [-0.05, 0) is 24.3 Å². The summed E-state index contributed by atoms with van der Waals surface area (Å²) in [6.07, 6.45) is 0. The topological polar surface area (TPSA) is 84.0 Å². The summed E-state index contributed by atoms with van der Waals surface area (Å²) in [5.41, 5.74) is 0.109. The van der Waals surface area contributed by atoms with E-state index in [1.807, 2.05) is 0 Å². The van der Waals surface area contributed by atoms with E-state index in [9.17, 15) is 8.42 Å². The van der Waals surface area contributed by atoms with Gasteiger partial charge in [-0.3, -0.25) is 0 Å². The lowest BCUT2D eigenvalue weighted by atomic mass is 10.2. The summed E-state index contributed by atoms with van der Waals surface area (Å²) in [4.78, 5) is 3.76. The molecule has 9 heteroatoms. The van der Waals surface area contributed by atoms with Crippen LogP contribution in [0.4, 0.5) is 0 Å². The number of nitrogens with zero attached hydrogens (tertiary/aromatic N) is 2. The number of hydrogen-bond acceptors (Lipinski definition) is 5. The Bertz CT molecular complexity index is 732. The van der Waals surface area contributed by atoms with Gasteiger partial charge >= 0.3 is 0 Å². The zero-order chi connectivity index (χ0) is 13.3. The molecule has 0 saturated carbocycles. The summed E-state index contributed by atoms with van der Waals surface area (Å²) in [5, 5.41) is 8.62. The van der Waals surface area contributed by atoms with E-state index >= 15 is 0 Å². The second-order valence-corrected chi connectivity index (χ2v) is 6.11. The van der Waals surface area contributed by atoms with E-state index in [4.69, 9.17) is 32.0 Å². The fourth-order valence-electron chi connectivity index (χ4n) is 1.26. The van der Waals surface area contributed by atoms with E-state index in [1.165, 1.54) is 0 Å². The minimum absolute atomic E-state index is 0. The lowest BCUT2D eigenvalue weighted by Crippen LogP contribution is -1.90. The number of nitriles is 1. The molecular formula is C10H5Cl3N2O3S. The number of hydrogen-bond donors (Lipinski definition) is 0. The van der Waals surface area contributed by atoms with E-state index in [0.717, 1.165) is 0 Å². The van der Waals surface area contributed by atoms with Crippen molar-refractivity contribution in [1.29, 1.82) is 5.26 Å². The summed E-state index contributed by atoms with van der Waals surface area (Å²) in [5.74, 6) is -0.0116. The van der Waals surface area contributed by atoms with Crippen molar-refractivity contribution < 1.29 is 12.8 Å².